The summed E-state index contributed by atoms with van der Waals surface area (Å²) < 4.78 is 0. The Balaban J connectivity index is 1.87. The zero-order valence-corrected chi connectivity index (χ0v) is 10.2. The molecule has 1 atom stereocenters. The van der Waals surface area contributed by atoms with Crippen LogP contribution in [-0.2, 0) is 0 Å². The number of hydrogen-bond donors (Lipinski definition) is 2. The number of hydrogen-bond acceptors (Lipinski definition) is 2. The van der Waals surface area contributed by atoms with E-state index in [2.05, 4.69) is 5.32 Å². The van der Waals surface area contributed by atoms with Gasteiger partial charge in [-0.15, -0.1) is 0 Å². The Kier molecular flexibility index (Phi) is 7.03. The molecule has 0 spiro atoms. The van der Waals surface area contributed by atoms with Gasteiger partial charge in [0.25, 0.3) is 0 Å². The van der Waals surface area contributed by atoms with Gasteiger partial charge in [-0.05, 0) is 38.3 Å². The lowest BCUT2D eigenvalue weighted by Gasteiger charge is -2.21. The molecule has 0 radical (unpaired) electrons. The fraction of sp³-hybridized carbons (Fsp3) is 1.00. The van der Waals surface area contributed by atoms with Gasteiger partial charge in [-0.3, -0.25) is 0 Å². The van der Waals surface area contributed by atoms with Gasteiger partial charge in [0.2, 0.25) is 0 Å². The molecule has 0 aromatic heterocycles. The SMILES string of the molecule is CCC(O)CCNCCC1CCCCC1. The topological polar surface area (TPSA) is 32.3 Å². The Morgan fingerprint density at radius 2 is 1.93 bits per heavy atom. The lowest BCUT2D eigenvalue weighted by atomic mass is 9.87. The van der Waals surface area contributed by atoms with Crippen molar-refractivity contribution in [3.05, 3.63) is 0 Å². The molecule has 0 amide bonds. The summed E-state index contributed by atoms with van der Waals surface area (Å²) in [4.78, 5) is 0. The zero-order valence-electron chi connectivity index (χ0n) is 10.2. The van der Waals surface area contributed by atoms with E-state index in [-0.39, 0.29) is 6.10 Å². The number of nitrogens with one attached hydrogen (secondary N) is 1. The predicted octanol–water partition coefficient (Wildman–Crippen LogP) is 2.71. The number of aliphatic hydroxyl groups is 1. The Labute approximate surface area is 94.5 Å². The molecular formula is C13H27NO. The van der Waals surface area contributed by atoms with Crippen LogP contribution in [0.15, 0.2) is 0 Å². The molecule has 0 aromatic rings. The van der Waals surface area contributed by atoms with Crippen molar-refractivity contribution in [3.63, 3.8) is 0 Å². The summed E-state index contributed by atoms with van der Waals surface area (Å²) in [6.45, 7) is 4.15. The fourth-order valence-electron chi connectivity index (χ4n) is 2.38. The summed E-state index contributed by atoms with van der Waals surface area (Å²) in [7, 11) is 0. The maximum Gasteiger partial charge on any atom is 0.0549 e. The van der Waals surface area contributed by atoms with Crippen molar-refractivity contribution < 1.29 is 5.11 Å². The summed E-state index contributed by atoms with van der Waals surface area (Å²) in [5.41, 5.74) is 0. The molecule has 0 aliphatic heterocycles. The zero-order chi connectivity index (χ0) is 10.9. The third kappa shape index (κ3) is 6.16. The van der Waals surface area contributed by atoms with Crippen LogP contribution in [0.5, 0.6) is 0 Å². The van der Waals surface area contributed by atoms with Crippen LogP contribution in [-0.4, -0.2) is 24.3 Å². The maximum atomic E-state index is 9.37. The lowest BCUT2D eigenvalue weighted by Crippen LogP contribution is -2.23. The monoisotopic (exact) mass is 213 g/mol. The quantitative estimate of drug-likeness (QED) is 0.637. The molecule has 1 aliphatic carbocycles. The molecular weight excluding hydrogens is 186 g/mol. The largest absolute Gasteiger partial charge is 0.393 e. The van der Waals surface area contributed by atoms with Gasteiger partial charge in [0, 0.05) is 0 Å². The van der Waals surface area contributed by atoms with Gasteiger partial charge < -0.3 is 10.4 Å². The van der Waals surface area contributed by atoms with Gasteiger partial charge >= 0.3 is 0 Å². The Morgan fingerprint density at radius 1 is 1.20 bits per heavy atom. The molecule has 15 heavy (non-hydrogen) atoms. The average molecular weight is 213 g/mol. The second-order valence-electron chi connectivity index (χ2n) is 4.89. The molecule has 1 rings (SSSR count). The summed E-state index contributed by atoms with van der Waals surface area (Å²) in [6.07, 6.45) is 10.2. The van der Waals surface area contributed by atoms with Crippen LogP contribution in [0, 0.1) is 5.92 Å². The average Bonchev–Trinajstić information content (AvgIpc) is 2.29. The summed E-state index contributed by atoms with van der Waals surface area (Å²) in [6, 6.07) is 0. The minimum atomic E-state index is -0.104. The highest BCUT2D eigenvalue weighted by Crippen LogP contribution is 2.25. The highest BCUT2D eigenvalue weighted by atomic mass is 16.3. The fourth-order valence-corrected chi connectivity index (χ4v) is 2.38. The van der Waals surface area contributed by atoms with Gasteiger partial charge in [-0.1, -0.05) is 39.0 Å². The standard InChI is InChI=1S/C13H27NO/c1-2-13(15)9-11-14-10-8-12-6-4-3-5-7-12/h12-15H,2-11H2,1H3. The van der Waals surface area contributed by atoms with Crippen molar-refractivity contribution in [2.75, 3.05) is 13.1 Å². The minimum Gasteiger partial charge on any atom is -0.393 e. The highest BCUT2D eigenvalue weighted by molar-refractivity contribution is 4.67. The number of rotatable bonds is 7. The van der Waals surface area contributed by atoms with Crippen LogP contribution in [0.3, 0.4) is 0 Å². The molecule has 90 valence electrons. The Hall–Kier alpha value is -0.0800. The van der Waals surface area contributed by atoms with Crippen LogP contribution in [0.2, 0.25) is 0 Å². The first-order valence-corrected chi connectivity index (χ1v) is 6.71. The first-order chi connectivity index (χ1) is 7.33. The van der Waals surface area contributed by atoms with Crippen molar-refractivity contribution in [1.82, 2.24) is 5.32 Å². The summed E-state index contributed by atoms with van der Waals surface area (Å²) in [5.74, 6) is 0.974. The van der Waals surface area contributed by atoms with E-state index in [1.54, 1.807) is 0 Å². The molecule has 2 N–H and O–H groups in total. The van der Waals surface area contributed by atoms with Crippen LogP contribution in [0.4, 0.5) is 0 Å². The van der Waals surface area contributed by atoms with Crippen LogP contribution < -0.4 is 5.32 Å². The molecule has 2 heteroatoms. The van der Waals surface area contributed by atoms with E-state index in [0.29, 0.717) is 0 Å². The van der Waals surface area contributed by atoms with Crippen molar-refractivity contribution in [2.45, 2.75) is 64.4 Å². The van der Waals surface area contributed by atoms with E-state index in [0.717, 1.165) is 31.8 Å². The first kappa shape index (κ1) is 13.0. The van der Waals surface area contributed by atoms with Crippen LogP contribution >= 0.6 is 0 Å². The first-order valence-electron chi connectivity index (χ1n) is 6.71. The summed E-state index contributed by atoms with van der Waals surface area (Å²) >= 11 is 0. The number of aliphatic hydroxyl groups excluding tert-OH is 1. The van der Waals surface area contributed by atoms with E-state index < -0.39 is 0 Å². The van der Waals surface area contributed by atoms with Crippen molar-refractivity contribution in [2.24, 2.45) is 5.92 Å². The smallest absolute Gasteiger partial charge is 0.0549 e. The third-order valence-electron chi connectivity index (χ3n) is 3.58. The van der Waals surface area contributed by atoms with E-state index in [9.17, 15) is 5.11 Å². The molecule has 0 saturated heterocycles. The molecule has 1 aliphatic rings. The van der Waals surface area contributed by atoms with Crippen molar-refractivity contribution in [3.8, 4) is 0 Å². The van der Waals surface area contributed by atoms with E-state index in [1.165, 1.54) is 38.5 Å². The van der Waals surface area contributed by atoms with Gasteiger partial charge in [0.05, 0.1) is 6.10 Å². The molecule has 0 bridgehead atoms. The van der Waals surface area contributed by atoms with Crippen LogP contribution in [0.1, 0.15) is 58.3 Å². The summed E-state index contributed by atoms with van der Waals surface area (Å²) in [5, 5.41) is 12.8. The second-order valence-corrected chi connectivity index (χ2v) is 4.89. The molecule has 1 fully saturated rings. The van der Waals surface area contributed by atoms with E-state index in [4.69, 9.17) is 0 Å². The predicted molar refractivity (Wildman–Crippen MR) is 65.0 cm³/mol. The van der Waals surface area contributed by atoms with Gasteiger partial charge in [-0.2, -0.15) is 0 Å². The third-order valence-corrected chi connectivity index (χ3v) is 3.58. The molecule has 2 nitrogen and oxygen atoms in total. The Bertz CT molecular complexity index is 143. The van der Waals surface area contributed by atoms with Gasteiger partial charge in [-0.25, -0.2) is 0 Å². The maximum absolute atomic E-state index is 9.37. The normalized spacial score (nSPS) is 20.4. The highest BCUT2D eigenvalue weighted by Gasteiger charge is 2.12. The molecule has 0 heterocycles. The molecule has 1 saturated carbocycles. The minimum absolute atomic E-state index is 0.104. The van der Waals surface area contributed by atoms with E-state index >= 15 is 0 Å². The lowest BCUT2D eigenvalue weighted by molar-refractivity contribution is 0.159. The second kappa shape index (κ2) is 8.12. The van der Waals surface area contributed by atoms with E-state index in [1.807, 2.05) is 6.92 Å². The molecule has 1 unspecified atom stereocenters. The van der Waals surface area contributed by atoms with Gasteiger partial charge in [0.15, 0.2) is 0 Å². The van der Waals surface area contributed by atoms with Crippen molar-refractivity contribution in [1.29, 1.82) is 0 Å². The Morgan fingerprint density at radius 3 is 2.60 bits per heavy atom. The van der Waals surface area contributed by atoms with Gasteiger partial charge in [0.1, 0.15) is 0 Å². The molecule has 0 aromatic carbocycles. The van der Waals surface area contributed by atoms with Crippen molar-refractivity contribution >= 4 is 0 Å². The van der Waals surface area contributed by atoms with Crippen LogP contribution in [0.25, 0.3) is 0 Å².